The zero-order valence-electron chi connectivity index (χ0n) is 26.0. The highest BCUT2D eigenvalue weighted by atomic mass is 32.2. The maximum atomic E-state index is 12.7. The van der Waals surface area contributed by atoms with Crippen LogP contribution in [-0.2, 0) is 16.0 Å². The Morgan fingerprint density at radius 3 is 1.51 bits per heavy atom. The summed E-state index contributed by atoms with van der Waals surface area (Å²) in [5, 5.41) is 47.9. The topological polar surface area (TPSA) is 249 Å². The molecule has 2 heterocycles. The first-order valence-electron chi connectivity index (χ1n) is 14.8. The Labute approximate surface area is 295 Å². The molecule has 0 aliphatic rings. The molecular weight excluding hydrogens is 697 g/mol. The molecular formula is C33H22N10O6S2. The lowest BCUT2D eigenvalue weighted by molar-refractivity contribution is -0.384. The minimum atomic E-state index is -0.504. The minimum absolute atomic E-state index is 0.0281. The van der Waals surface area contributed by atoms with Gasteiger partial charge in [-0.05, 0) is 53.9 Å². The molecule has 2 aromatic heterocycles. The third kappa shape index (κ3) is 8.11. The second-order valence-electron chi connectivity index (χ2n) is 10.8. The fraction of sp³-hybridized carbons (Fsp3) is 0.0909. The number of nitro groups is 2. The molecule has 4 aromatic carbocycles. The number of thioether (sulfide) groups is 2. The molecule has 0 spiro atoms. The molecule has 16 nitrogen and oxygen atoms in total. The van der Waals surface area contributed by atoms with Gasteiger partial charge in [0.2, 0.25) is 11.8 Å². The largest absolute Gasteiger partial charge is 0.333 e. The number of nitriles is 2. The molecule has 0 radical (unpaired) electrons. The zero-order valence-corrected chi connectivity index (χ0v) is 27.6. The number of anilines is 2. The van der Waals surface area contributed by atoms with E-state index in [4.69, 9.17) is 0 Å². The Bertz CT molecular complexity index is 2300. The SMILES string of the molecule is N#Cc1cc(Cc2ccc(NC(=O)CSc3nc4ccc([N+](=O)[O-])cc4[nH]3)c(C#N)c2)ccc1NC(=O)CSc1nc2ccc([N+](=O)[O-])cc2[nH]1. The Balaban J connectivity index is 1.04. The highest BCUT2D eigenvalue weighted by molar-refractivity contribution is 8.00. The number of aromatic nitrogens is 4. The lowest BCUT2D eigenvalue weighted by Crippen LogP contribution is -2.15. The van der Waals surface area contributed by atoms with Gasteiger partial charge in [0, 0.05) is 24.3 Å². The van der Waals surface area contributed by atoms with Crippen LogP contribution in [0.3, 0.4) is 0 Å². The van der Waals surface area contributed by atoms with Gasteiger partial charge in [0.25, 0.3) is 11.4 Å². The Morgan fingerprint density at radius 1 is 0.686 bits per heavy atom. The second-order valence-corrected chi connectivity index (χ2v) is 12.8. The summed E-state index contributed by atoms with van der Waals surface area (Å²) in [7, 11) is 0. The van der Waals surface area contributed by atoms with Crippen molar-refractivity contribution in [2.24, 2.45) is 0 Å². The number of imidazole rings is 2. The summed E-state index contributed by atoms with van der Waals surface area (Å²) < 4.78 is 0. The van der Waals surface area contributed by atoms with Crippen molar-refractivity contribution in [2.75, 3.05) is 22.1 Å². The van der Waals surface area contributed by atoms with Crippen LogP contribution >= 0.6 is 23.5 Å². The lowest BCUT2D eigenvalue weighted by Gasteiger charge is -2.11. The van der Waals surface area contributed by atoms with Crippen LogP contribution in [0.5, 0.6) is 0 Å². The number of hydrogen-bond acceptors (Lipinski definition) is 12. The van der Waals surface area contributed by atoms with Crippen LogP contribution in [0, 0.1) is 42.9 Å². The quantitative estimate of drug-likeness (QED) is 0.0641. The summed E-state index contributed by atoms with van der Waals surface area (Å²) in [5.41, 5.74) is 4.49. The van der Waals surface area contributed by atoms with Crippen LogP contribution < -0.4 is 10.6 Å². The van der Waals surface area contributed by atoms with Crippen molar-refractivity contribution in [3.8, 4) is 12.1 Å². The van der Waals surface area contributed by atoms with Crippen molar-refractivity contribution >= 4 is 80.2 Å². The van der Waals surface area contributed by atoms with Gasteiger partial charge in [0.1, 0.15) is 12.1 Å². The van der Waals surface area contributed by atoms with Crippen LogP contribution in [0.2, 0.25) is 0 Å². The molecule has 4 N–H and O–H groups in total. The number of amides is 2. The van der Waals surface area contributed by atoms with Gasteiger partial charge in [-0.2, -0.15) is 10.5 Å². The number of rotatable bonds is 12. The van der Waals surface area contributed by atoms with E-state index in [0.717, 1.165) is 34.7 Å². The van der Waals surface area contributed by atoms with Crippen molar-refractivity contribution in [3.63, 3.8) is 0 Å². The van der Waals surface area contributed by atoms with Gasteiger partial charge in [0.15, 0.2) is 10.3 Å². The van der Waals surface area contributed by atoms with Crippen molar-refractivity contribution in [3.05, 3.63) is 115 Å². The summed E-state index contributed by atoms with van der Waals surface area (Å²) in [4.78, 5) is 61.0. The maximum absolute atomic E-state index is 12.7. The van der Waals surface area contributed by atoms with E-state index >= 15 is 0 Å². The highest BCUT2D eigenvalue weighted by Crippen LogP contribution is 2.27. The number of H-pyrrole nitrogens is 2. The van der Waals surface area contributed by atoms with E-state index in [1.54, 1.807) is 36.4 Å². The molecule has 6 aromatic rings. The van der Waals surface area contributed by atoms with Crippen molar-refractivity contribution < 1.29 is 19.4 Å². The number of nitro benzene ring substituents is 2. The van der Waals surface area contributed by atoms with Gasteiger partial charge in [-0.15, -0.1) is 0 Å². The van der Waals surface area contributed by atoms with Gasteiger partial charge < -0.3 is 20.6 Å². The molecule has 6 rings (SSSR count). The van der Waals surface area contributed by atoms with E-state index < -0.39 is 9.85 Å². The number of hydrogen-bond donors (Lipinski definition) is 4. The Kier molecular flexibility index (Phi) is 9.89. The average molecular weight is 719 g/mol. The third-order valence-corrected chi connectivity index (χ3v) is 9.10. The minimum Gasteiger partial charge on any atom is -0.333 e. The number of fused-ring (bicyclic) bond motifs is 2. The van der Waals surface area contributed by atoms with Gasteiger partial charge in [-0.25, -0.2) is 9.97 Å². The van der Waals surface area contributed by atoms with E-state index in [9.17, 15) is 40.3 Å². The number of aromatic amines is 2. The van der Waals surface area contributed by atoms with Crippen LogP contribution in [0.25, 0.3) is 22.1 Å². The fourth-order valence-corrected chi connectivity index (χ4v) is 6.36. The first-order chi connectivity index (χ1) is 24.6. The van der Waals surface area contributed by atoms with E-state index in [1.165, 1.54) is 36.4 Å². The standard InChI is InChI=1S/C33H22N10O6S2/c34-14-20-10-18(1-5-24(20)36-30(44)16-50-32-38-26-7-3-22(42(46)47)12-28(26)40-32)9-19-2-6-25(21(11-19)15-35)37-31(45)17-51-33-39-27-8-4-23(43(48)49)13-29(27)41-33/h1-8,10-13H,9,16-17H2,(H,36,44)(H,37,45)(H,38,40)(H,39,41). The zero-order chi connectivity index (χ0) is 36.1. The number of nitrogens with zero attached hydrogens (tertiary/aromatic N) is 6. The first-order valence-corrected chi connectivity index (χ1v) is 16.8. The van der Waals surface area contributed by atoms with Crippen molar-refractivity contribution in [1.82, 2.24) is 19.9 Å². The molecule has 252 valence electrons. The van der Waals surface area contributed by atoms with E-state index in [2.05, 4.69) is 42.7 Å². The average Bonchev–Trinajstić information content (AvgIpc) is 3.73. The molecule has 18 heteroatoms. The number of benzene rings is 4. The first kappa shape index (κ1) is 34.1. The lowest BCUT2D eigenvalue weighted by atomic mass is 10.00. The van der Waals surface area contributed by atoms with Gasteiger partial charge >= 0.3 is 0 Å². The Morgan fingerprint density at radius 2 is 1.12 bits per heavy atom. The second kappa shape index (κ2) is 14.8. The molecule has 51 heavy (non-hydrogen) atoms. The van der Waals surface area contributed by atoms with Crippen LogP contribution in [-0.4, -0.2) is 53.1 Å². The normalized spacial score (nSPS) is 10.8. The molecule has 0 atom stereocenters. The number of carbonyl (C=O) groups is 2. The predicted molar refractivity (Wildman–Crippen MR) is 189 cm³/mol. The summed E-state index contributed by atoms with van der Waals surface area (Å²) in [6.07, 6.45) is 0.367. The molecule has 0 saturated carbocycles. The molecule has 0 bridgehead atoms. The fourth-order valence-electron chi connectivity index (χ4n) is 4.99. The highest BCUT2D eigenvalue weighted by Gasteiger charge is 2.15. The van der Waals surface area contributed by atoms with E-state index in [-0.39, 0.29) is 45.8 Å². The molecule has 0 fully saturated rings. The summed E-state index contributed by atoms with van der Waals surface area (Å²) in [6.45, 7) is 0. The summed E-state index contributed by atoms with van der Waals surface area (Å²) >= 11 is 2.22. The van der Waals surface area contributed by atoms with Gasteiger partial charge in [-0.3, -0.25) is 29.8 Å². The molecule has 0 saturated heterocycles. The molecule has 0 unspecified atom stereocenters. The third-order valence-electron chi connectivity index (χ3n) is 7.35. The predicted octanol–water partition coefficient (Wildman–Crippen LogP) is 6.05. The van der Waals surface area contributed by atoms with Crippen LogP contribution in [0.4, 0.5) is 22.7 Å². The maximum Gasteiger partial charge on any atom is 0.271 e. The van der Waals surface area contributed by atoms with Crippen molar-refractivity contribution in [2.45, 2.75) is 16.7 Å². The van der Waals surface area contributed by atoms with Gasteiger partial charge in [-0.1, -0.05) is 35.7 Å². The number of carbonyl (C=O) groups excluding carboxylic acids is 2. The van der Waals surface area contributed by atoms with E-state index in [0.29, 0.717) is 50.2 Å². The van der Waals surface area contributed by atoms with Crippen LogP contribution in [0.15, 0.2) is 83.1 Å². The van der Waals surface area contributed by atoms with Gasteiger partial charge in [0.05, 0.1) is 65.9 Å². The molecule has 0 aliphatic carbocycles. The monoisotopic (exact) mass is 718 g/mol. The molecule has 0 aliphatic heterocycles. The van der Waals surface area contributed by atoms with E-state index in [1.807, 2.05) is 0 Å². The number of nitrogens with one attached hydrogen (secondary N) is 4. The van der Waals surface area contributed by atoms with Crippen LogP contribution in [0.1, 0.15) is 22.3 Å². The number of non-ortho nitro benzene ring substituents is 2. The summed E-state index contributed by atoms with van der Waals surface area (Å²) in [5.74, 6) is -0.817. The smallest absolute Gasteiger partial charge is 0.271 e. The Hall–Kier alpha value is -6.76. The summed E-state index contributed by atoms with van der Waals surface area (Å²) in [6, 6.07) is 22.7. The van der Waals surface area contributed by atoms with Crippen molar-refractivity contribution in [1.29, 1.82) is 10.5 Å². The molecule has 2 amide bonds.